The molecule has 0 bridgehead atoms. The molecule has 2 aliphatic rings. The Labute approximate surface area is 187 Å². The van der Waals surface area contributed by atoms with Crippen LogP contribution in [0.25, 0.3) is 0 Å². The molecule has 0 aliphatic carbocycles. The van der Waals surface area contributed by atoms with Gasteiger partial charge in [-0.2, -0.15) is 5.10 Å². The number of nitrogens with zero attached hydrogens (tertiary/aromatic N) is 3. The monoisotopic (exact) mass is 444 g/mol. The number of benzene rings is 2. The zero-order valence-corrected chi connectivity index (χ0v) is 18.5. The third-order valence-electron chi connectivity index (χ3n) is 5.81. The van der Waals surface area contributed by atoms with Gasteiger partial charge >= 0.3 is 0 Å². The van der Waals surface area contributed by atoms with Crippen LogP contribution in [0.5, 0.6) is 0 Å². The zero-order chi connectivity index (χ0) is 21.1. The van der Waals surface area contributed by atoms with E-state index < -0.39 is 0 Å². The summed E-state index contributed by atoms with van der Waals surface area (Å²) in [4.78, 5) is 13.2. The number of carbonyl (C=O) groups excluding carboxylic acids is 1. The van der Waals surface area contributed by atoms with Crippen molar-refractivity contribution in [3.63, 3.8) is 0 Å². The molecule has 0 spiro atoms. The van der Waals surface area contributed by atoms with Crippen LogP contribution in [0.15, 0.2) is 53.6 Å². The number of anilines is 1. The van der Waals surface area contributed by atoms with Crippen molar-refractivity contribution in [2.75, 3.05) is 18.1 Å². The average Bonchev–Trinajstić information content (AvgIpc) is 3.15. The minimum absolute atomic E-state index is 0.0627. The third-order valence-corrected chi connectivity index (χ3v) is 6.38. The largest absolute Gasteiger partial charge is 0.284 e. The quantitative estimate of drug-likeness (QED) is 0.666. The first-order chi connectivity index (χ1) is 14.6. The summed E-state index contributed by atoms with van der Waals surface area (Å²) >= 11 is 12.6. The van der Waals surface area contributed by atoms with E-state index in [4.69, 9.17) is 28.3 Å². The molecule has 2 heterocycles. The summed E-state index contributed by atoms with van der Waals surface area (Å²) in [6.07, 6.45) is 4.19. The van der Waals surface area contributed by atoms with Gasteiger partial charge in [0.05, 0.1) is 16.8 Å². The summed E-state index contributed by atoms with van der Waals surface area (Å²) in [6, 6.07) is 15.2. The highest BCUT2D eigenvalue weighted by Crippen LogP contribution is 2.43. The fraction of sp³-hybridized carbons (Fsp3) is 0.391. The minimum atomic E-state index is -0.130. The summed E-state index contributed by atoms with van der Waals surface area (Å²) < 4.78 is 0. The maximum absolute atomic E-state index is 13.2. The van der Waals surface area contributed by atoms with Gasteiger partial charge in [0.2, 0.25) is 0 Å². The van der Waals surface area contributed by atoms with Gasteiger partial charge in [-0.1, -0.05) is 60.8 Å². The molecule has 2 aromatic rings. The van der Waals surface area contributed by atoms with Gasteiger partial charge in [0.15, 0.2) is 0 Å². The van der Waals surface area contributed by atoms with Crippen molar-refractivity contribution in [2.24, 2.45) is 11.0 Å². The van der Waals surface area contributed by atoms with E-state index in [9.17, 15) is 4.79 Å². The number of hydrogen-bond acceptors (Lipinski definition) is 4. The second kappa shape index (κ2) is 9.38. The molecular weight excluding hydrogens is 419 g/mol. The van der Waals surface area contributed by atoms with E-state index in [2.05, 4.69) is 12.3 Å². The number of piperidine rings is 1. The van der Waals surface area contributed by atoms with Crippen molar-refractivity contribution < 1.29 is 4.79 Å². The Hall–Kier alpha value is -2.08. The predicted octanol–water partition coefficient (Wildman–Crippen LogP) is 5.45. The molecule has 4 rings (SSSR count). The van der Waals surface area contributed by atoms with Gasteiger partial charge in [0, 0.05) is 24.0 Å². The number of hydrazine groups is 1. The first kappa shape index (κ1) is 21.2. The van der Waals surface area contributed by atoms with Crippen LogP contribution in [-0.2, 0) is 4.79 Å². The summed E-state index contributed by atoms with van der Waals surface area (Å²) in [7, 11) is 0. The van der Waals surface area contributed by atoms with Gasteiger partial charge in [-0.05, 0) is 49.1 Å². The van der Waals surface area contributed by atoms with Crippen LogP contribution in [0, 0.1) is 5.92 Å². The molecule has 0 aromatic heterocycles. The number of nitrogens with one attached hydrogen (secondary N) is 1. The Kier molecular flexibility index (Phi) is 6.61. The SMILES string of the molecule is CCC1C(C(=O)NN2CCCCC2)=NN(c2ccccc2Cl)C1c1ccc(Cl)cc1. The first-order valence-electron chi connectivity index (χ1n) is 10.5. The van der Waals surface area contributed by atoms with Crippen LogP contribution < -0.4 is 10.4 Å². The Bertz CT molecular complexity index is 925. The molecular formula is C23H26Cl2N4O. The molecule has 2 aliphatic heterocycles. The predicted molar refractivity (Wildman–Crippen MR) is 123 cm³/mol. The van der Waals surface area contributed by atoms with E-state index in [1.54, 1.807) is 0 Å². The molecule has 7 heteroatoms. The van der Waals surface area contributed by atoms with Gasteiger partial charge in [-0.25, -0.2) is 5.01 Å². The first-order valence-corrected chi connectivity index (χ1v) is 11.3. The van der Waals surface area contributed by atoms with Crippen molar-refractivity contribution in [3.8, 4) is 0 Å². The van der Waals surface area contributed by atoms with E-state index >= 15 is 0 Å². The number of halogens is 2. The van der Waals surface area contributed by atoms with Crippen LogP contribution in [0.3, 0.4) is 0 Å². The summed E-state index contributed by atoms with van der Waals surface area (Å²) in [6.45, 7) is 3.85. The Morgan fingerprint density at radius 1 is 1.07 bits per heavy atom. The fourth-order valence-electron chi connectivity index (χ4n) is 4.28. The van der Waals surface area contributed by atoms with Gasteiger partial charge in [0.25, 0.3) is 5.91 Å². The molecule has 30 heavy (non-hydrogen) atoms. The number of carbonyl (C=O) groups is 1. The fourth-order valence-corrected chi connectivity index (χ4v) is 4.63. The second-order valence-corrected chi connectivity index (χ2v) is 8.62. The molecule has 158 valence electrons. The maximum Gasteiger partial charge on any atom is 0.282 e. The molecule has 1 saturated heterocycles. The molecule has 0 saturated carbocycles. The summed E-state index contributed by atoms with van der Waals surface area (Å²) in [5.74, 6) is -0.190. The molecule has 2 unspecified atom stereocenters. The normalized spacial score (nSPS) is 22.1. The standard InChI is InChI=1S/C23H26Cl2N4O/c1-2-18-21(23(30)27-28-14-6-3-7-15-28)26-29(20-9-5-4-8-19(20)25)22(18)16-10-12-17(24)13-11-16/h4-5,8-13,18,22H,2-3,6-7,14-15H2,1H3,(H,27,30). The third kappa shape index (κ3) is 4.34. The van der Waals surface area contributed by atoms with E-state index in [-0.39, 0.29) is 17.9 Å². The van der Waals surface area contributed by atoms with E-state index in [1.807, 2.05) is 58.5 Å². The molecule has 1 amide bonds. The van der Waals surface area contributed by atoms with Crippen molar-refractivity contribution in [2.45, 2.75) is 38.6 Å². The molecule has 1 N–H and O–H groups in total. The number of amides is 1. The molecule has 2 atom stereocenters. The molecule has 1 fully saturated rings. The second-order valence-electron chi connectivity index (χ2n) is 7.78. The highest BCUT2D eigenvalue weighted by Gasteiger charge is 2.42. The van der Waals surface area contributed by atoms with E-state index in [0.29, 0.717) is 15.8 Å². The molecule has 0 radical (unpaired) electrons. The lowest BCUT2D eigenvalue weighted by Crippen LogP contribution is -2.48. The van der Waals surface area contributed by atoms with Crippen LogP contribution in [0.2, 0.25) is 10.0 Å². The number of hydrogen-bond donors (Lipinski definition) is 1. The number of hydrazone groups is 1. The van der Waals surface area contributed by atoms with Gasteiger partial charge in [-0.15, -0.1) is 0 Å². The van der Waals surface area contributed by atoms with Crippen molar-refractivity contribution in [1.82, 2.24) is 10.4 Å². The van der Waals surface area contributed by atoms with Crippen molar-refractivity contribution in [1.29, 1.82) is 0 Å². The van der Waals surface area contributed by atoms with E-state index in [1.165, 1.54) is 6.42 Å². The summed E-state index contributed by atoms with van der Waals surface area (Å²) in [5.41, 5.74) is 5.46. The van der Waals surface area contributed by atoms with Gasteiger partial charge in [0.1, 0.15) is 5.71 Å². The maximum atomic E-state index is 13.2. The highest BCUT2D eigenvalue weighted by molar-refractivity contribution is 6.40. The minimum Gasteiger partial charge on any atom is -0.284 e. The van der Waals surface area contributed by atoms with Gasteiger partial charge < -0.3 is 0 Å². The number of para-hydroxylation sites is 1. The molecule has 5 nitrogen and oxygen atoms in total. The highest BCUT2D eigenvalue weighted by atomic mass is 35.5. The Balaban J connectivity index is 1.70. The van der Waals surface area contributed by atoms with Crippen molar-refractivity contribution in [3.05, 3.63) is 64.1 Å². The van der Waals surface area contributed by atoms with Crippen LogP contribution in [0.1, 0.15) is 44.2 Å². The Morgan fingerprint density at radius 2 is 1.77 bits per heavy atom. The van der Waals surface area contributed by atoms with Crippen molar-refractivity contribution >= 4 is 40.5 Å². The Morgan fingerprint density at radius 3 is 2.43 bits per heavy atom. The van der Waals surface area contributed by atoms with Crippen LogP contribution >= 0.6 is 23.2 Å². The lowest BCUT2D eigenvalue weighted by atomic mass is 9.87. The average molecular weight is 445 g/mol. The lowest BCUT2D eigenvalue weighted by Gasteiger charge is -2.29. The number of rotatable bonds is 5. The zero-order valence-electron chi connectivity index (χ0n) is 17.0. The van der Waals surface area contributed by atoms with Crippen LogP contribution in [0.4, 0.5) is 5.69 Å². The summed E-state index contributed by atoms with van der Waals surface area (Å²) in [5, 5.41) is 10.00. The van der Waals surface area contributed by atoms with E-state index in [0.717, 1.165) is 43.6 Å². The van der Waals surface area contributed by atoms with Gasteiger partial charge in [-0.3, -0.25) is 15.2 Å². The smallest absolute Gasteiger partial charge is 0.282 e. The van der Waals surface area contributed by atoms with Crippen LogP contribution in [-0.4, -0.2) is 29.7 Å². The molecule has 2 aromatic carbocycles. The topological polar surface area (TPSA) is 47.9 Å². The lowest BCUT2D eigenvalue weighted by molar-refractivity contribution is -0.120.